The van der Waals surface area contributed by atoms with E-state index in [1.807, 2.05) is 0 Å². The molecule has 0 N–H and O–H groups in total. The lowest BCUT2D eigenvalue weighted by Gasteiger charge is -2.54. The molecule has 0 aliphatic rings. The highest BCUT2D eigenvalue weighted by Crippen LogP contribution is 2.34. The Labute approximate surface area is 73.4 Å². The molecule has 1 rings (SSSR count). The Balaban J connectivity index is 3.30. The number of hydrogen-bond acceptors (Lipinski definition) is 3. The molecule has 0 saturated heterocycles. The Kier molecular flexibility index (Phi) is 2.23. The third-order valence-corrected chi connectivity index (χ3v) is 3.21. The molecule has 0 aromatic heterocycles. The number of halogens is 2. The molecule has 1 aromatic carbocycles. The molecule has 0 saturated carbocycles. The number of sulfone groups is 3. The third-order valence-electron chi connectivity index (χ3n) is 1.48. The van der Waals surface area contributed by atoms with Gasteiger partial charge in [-0.25, -0.2) is 0 Å². The summed E-state index contributed by atoms with van der Waals surface area (Å²) in [7, 11) is -6.46. The van der Waals surface area contributed by atoms with E-state index in [1.165, 1.54) is 18.2 Å². The van der Waals surface area contributed by atoms with Gasteiger partial charge in [-0.1, -0.05) is 18.2 Å². The minimum Gasteiger partial charge on any atom is -0.791 e. The summed E-state index contributed by atoms with van der Waals surface area (Å²) in [5.74, 6) is -3.93. The maximum Gasteiger partial charge on any atom is 0.275 e. The van der Waals surface area contributed by atoms with Gasteiger partial charge in [-0.3, -0.25) is 4.21 Å². The third kappa shape index (κ3) is 1.74. The molecule has 0 unspecified atom stereocenters. The zero-order valence-corrected chi connectivity index (χ0v) is 7.17. The molecule has 0 fully saturated rings. The van der Waals surface area contributed by atoms with Crippen molar-refractivity contribution >= 4 is 9.63 Å². The molecule has 13 heavy (non-hydrogen) atoms. The maximum absolute atomic E-state index is 12.0. The molecular formula is C7H6F2O3S-2. The lowest BCUT2D eigenvalue weighted by molar-refractivity contribution is 0.180. The first-order valence-electron chi connectivity index (χ1n) is 3.29. The average molecular weight is 208 g/mol. The summed E-state index contributed by atoms with van der Waals surface area (Å²) in [5.41, 5.74) is 0. The van der Waals surface area contributed by atoms with Crippen LogP contribution in [-0.4, -0.2) is 19.1 Å². The van der Waals surface area contributed by atoms with Crippen LogP contribution in [0.3, 0.4) is 0 Å². The fourth-order valence-corrected chi connectivity index (χ4v) is 1.62. The molecule has 0 bridgehead atoms. The lowest BCUT2D eigenvalue weighted by Crippen LogP contribution is -2.39. The smallest absolute Gasteiger partial charge is 0.275 e. The molecular weight excluding hydrogens is 202 g/mol. The van der Waals surface area contributed by atoms with Crippen molar-refractivity contribution in [3.63, 3.8) is 0 Å². The van der Waals surface area contributed by atoms with Gasteiger partial charge in [0.25, 0.3) is 5.76 Å². The SMILES string of the molecule is O=S([O-])([O-])(c1ccccc1)C(F)F. The molecule has 1 aromatic rings. The summed E-state index contributed by atoms with van der Waals surface area (Å²) in [5, 5.41) is 0. The van der Waals surface area contributed by atoms with E-state index in [4.69, 9.17) is 0 Å². The van der Waals surface area contributed by atoms with Gasteiger partial charge in [-0.2, -0.15) is 8.78 Å². The number of alkyl halides is 2. The Morgan fingerprint density at radius 2 is 1.62 bits per heavy atom. The van der Waals surface area contributed by atoms with Crippen LogP contribution < -0.4 is 0 Å². The molecule has 6 heteroatoms. The Hall–Kier alpha value is -0.850. The topological polar surface area (TPSA) is 63.2 Å². The Bertz CT molecular complexity index is 357. The molecule has 0 atom stereocenters. The van der Waals surface area contributed by atoms with Crippen molar-refractivity contribution in [2.45, 2.75) is 10.7 Å². The van der Waals surface area contributed by atoms with Crippen LogP contribution in [0, 0.1) is 0 Å². The first-order valence-corrected chi connectivity index (χ1v) is 5.17. The molecule has 0 aliphatic heterocycles. The van der Waals surface area contributed by atoms with Crippen molar-refractivity contribution < 1.29 is 22.1 Å². The standard InChI is InChI=1S/C7H8F2O3S/c8-7(9)13(10,11,12)6-4-2-1-3-5-6/h1-5,7H,(H2,10,11,12)/p-2. The van der Waals surface area contributed by atoms with Gasteiger partial charge in [0.2, 0.25) is 0 Å². The zero-order valence-electron chi connectivity index (χ0n) is 6.35. The van der Waals surface area contributed by atoms with Gasteiger partial charge in [-0.15, -0.1) is 9.63 Å². The largest absolute Gasteiger partial charge is 0.791 e. The van der Waals surface area contributed by atoms with Crippen molar-refractivity contribution in [2.24, 2.45) is 0 Å². The molecule has 0 heterocycles. The molecule has 0 aliphatic carbocycles. The monoisotopic (exact) mass is 208 g/mol. The fraction of sp³-hybridized carbons (Fsp3) is 0.143. The van der Waals surface area contributed by atoms with Crippen LogP contribution in [0.15, 0.2) is 35.2 Å². The van der Waals surface area contributed by atoms with E-state index < -0.39 is 20.3 Å². The van der Waals surface area contributed by atoms with Gasteiger partial charge in [-0.05, 0) is 17.0 Å². The summed E-state index contributed by atoms with van der Waals surface area (Å²) in [6.45, 7) is 0. The van der Waals surface area contributed by atoms with E-state index in [2.05, 4.69) is 0 Å². The van der Waals surface area contributed by atoms with Gasteiger partial charge >= 0.3 is 0 Å². The summed E-state index contributed by atoms with van der Waals surface area (Å²) in [6, 6.07) is 5.54. The zero-order chi connectivity index (χ0) is 10.1. The molecule has 0 amide bonds. The van der Waals surface area contributed by atoms with Crippen LogP contribution in [0.5, 0.6) is 0 Å². The summed E-state index contributed by atoms with van der Waals surface area (Å²) < 4.78 is 56.5. The summed E-state index contributed by atoms with van der Waals surface area (Å²) in [6.07, 6.45) is 0. The Morgan fingerprint density at radius 1 is 1.15 bits per heavy atom. The minimum atomic E-state index is -6.46. The van der Waals surface area contributed by atoms with Crippen LogP contribution in [0.1, 0.15) is 0 Å². The van der Waals surface area contributed by atoms with Crippen molar-refractivity contribution in [1.29, 1.82) is 0 Å². The van der Waals surface area contributed by atoms with Crippen LogP contribution in [0.25, 0.3) is 0 Å². The number of benzene rings is 1. The van der Waals surface area contributed by atoms with Crippen molar-refractivity contribution in [2.75, 3.05) is 0 Å². The lowest BCUT2D eigenvalue weighted by atomic mass is 10.4. The fourth-order valence-electron chi connectivity index (χ4n) is 0.769. The first-order chi connectivity index (χ1) is 5.83. The predicted octanol–water partition coefficient (Wildman–Crippen LogP) is 1.35. The van der Waals surface area contributed by atoms with Crippen molar-refractivity contribution in [3.8, 4) is 0 Å². The molecule has 74 valence electrons. The molecule has 0 radical (unpaired) electrons. The van der Waals surface area contributed by atoms with E-state index >= 15 is 0 Å². The number of rotatable bonds is 2. The second kappa shape index (κ2) is 2.83. The highest BCUT2D eigenvalue weighted by atomic mass is 32.3. The second-order valence-corrected chi connectivity index (χ2v) is 4.98. The van der Waals surface area contributed by atoms with Gasteiger partial charge in [0.1, 0.15) is 0 Å². The normalized spacial score (nSPS) is 15.3. The van der Waals surface area contributed by atoms with Crippen LogP contribution >= 0.6 is 0 Å². The maximum atomic E-state index is 12.0. The van der Waals surface area contributed by atoms with Crippen molar-refractivity contribution in [3.05, 3.63) is 30.3 Å². The van der Waals surface area contributed by atoms with E-state index in [-0.39, 0.29) is 0 Å². The second-order valence-electron chi connectivity index (χ2n) is 2.43. The minimum absolute atomic E-state index is 0.848. The van der Waals surface area contributed by atoms with E-state index in [0.29, 0.717) is 0 Å². The van der Waals surface area contributed by atoms with Crippen LogP contribution in [0.2, 0.25) is 0 Å². The van der Waals surface area contributed by atoms with Crippen LogP contribution in [-0.2, 0) is 9.63 Å². The number of hydrogen-bond donors (Lipinski definition) is 0. The Morgan fingerprint density at radius 3 is 2.00 bits per heavy atom. The van der Waals surface area contributed by atoms with E-state index in [1.54, 1.807) is 0 Å². The highest BCUT2D eigenvalue weighted by molar-refractivity contribution is 8.10. The highest BCUT2D eigenvalue weighted by Gasteiger charge is 2.25. The van der Waals surface area contributed by atoms with E-state index in [0.717, 1.165) is 12.1 Å². The molecule has 3 nitrogen and oxygen atoms in total. The average Bonchev–Trinajstić information content (AvgIpc) is 2.05. The van der Waals surface area contributed by atoms with Gasteiger partial charge in [0, 0.05) is 0 Å². The quantitative estimate of drug-likeness (QED) is 0.736. The predicted molar refractivity (Wildman–Crippen MR) is 40.4 cm³/mol. The van der Waals surface area contributed by atoms with Crippen molar-refractivity contribution in [1.82, 2.24) is 0 Å². The van der Waals surface area contributed by atoms with Crippen LogP contribution in [0.4, 0.5) is 8.78 Å². The van der Waals surface area contributed by atoms with E-state index in [9.17, 15) is 22.1 Å². The molecule has 0 spiro atoms. The summed E-state index contributed by atoms with van der Waals surface area (Å²) >= 11 is 0. The van der Waals surface area contributed by atoms with Gasteiger partial charge < -0.3 is 9.11 Å². The summed E-state index contributed by atoms with van der Waals surface area (Å²) in [4.78, 5) is -0.894. The van der Waals surface area contributed by atoms with Gasteiger partial charge in [0.05, 0.1) is 0 Å². The first kappa shape index (κ1) is 10.2. The van der Waals surface area contributed by atoms with Gasteiger partial charge in [0.15, 0.2) is 0 Å².